The topological polar surface area (TPSA) is 62.4 Å². The number of hydrogen-bond donors (Lipinski definition) is 2. The average molecular weight is 207 g/mol. The van der Waals surface area contributed by atoms with E-state index in [1.54, 1.807) is 6.20 Å². The van der Waals surface area contributed by atoms with Gasteiger partial charge in [-0.25, -0.2) is 4.98 Å². The van der Waals surface area contributed by atoms with Crippen LogP contribution in [0.3, 0.4) is 0 Å². The van der Waals surface area contributed by atoms with Gasteiger partial charge in [0.1, 0.15) is 5.82 Å². The van der Waals surface area contributed by atoms with E-state index in [1.165, 1.54) is 12.8 Å². The lowest BCUT2D eigenvalue weighted by atomic mass is 10.0. The fraction of sp³-hybridized carbons (Fsp3) is 0.545. The number of nitrogens with two attached hydrogens (primary N) is 1. The van der Waals surface area contributed by atoms with Gasteiger partial charge in [0.15, 0.2) is 0 Å². The number of aliphatic hydroxyl groups excluding tert-OH is 1. The van der Waals surface area contributed by atoms with Gasteiger partial charge >= 0.3 is 0 Å². The molecule has 3 N–H and O–H groups in total. The molecular formula is C11H17N3O. The normalized spacial score (nSPS) is 21.7. The van der Waals surface area contributed by atoms with Crippen molar-refractivity contribution in [2.45, 2.75) is 25.3 Å². The molecule has 0 aromatic carbocycles. The number of aliphatic hydroxyl groups is 1. The van der Waals surface area contributed by atoms with Crippen LogP contribution in [0.5, 0.6) is 0 Å². The third kappa shape index (κ3) is 2.21. The molecule has 0 bridgehead atoms. The second-order valence-corrected chi connectivity index (χ2v) is 3.98. The van der Waals surface area contributed by atoms with E-state index < -0.39 is 0 Å². The SMILES string of the molecule is Nc1ccc(N2CCCCC2CO)nc1. The standard InChI is InChI=1S/C11H17N3O/c12-9-4-5-11(13-7-9)14-6-2-1-3-10(14)8-15/h4-5,7,10,15H,1-3,6,8,12H2. The summed E-state index contributed by atoms with van der Waals surface area (Å²) in [6, 6.07) is 3.99. The molecule has 0 aliphatic carbocycles. The van der Waals surface area contributed by atoms with Crippen LogP contribution in [-0.4, -0.2) is 29.3 Å². The third-order valence-corrected chi connectivity index (χ3v) is 2.90. The lowest BCUT2D eigenvalue weighted by Crippen LogP contribution is -2.42. The predicted octanol–water partition coefficient (Wildman–Crippen LogP) is 1.02. The fourth-order valence-electron chi connectivity index (χ4n) is 2.06. The first-order valence-corrected chi connectivity index (χ1v) is 5.40. The summed E-state index contributed by atoms with van der Waals surface area (Å²) < 4.78 is 0. The van der Waals surface area contributed by atoms with E-state index in [-0.39, 0.29) is 12.6 Å². The van der Waals surface area contributed by atoms with Crippen molar-refractivity contribution >= 4 is 11.5 Å². The second-order valence-electron chi connectivity index (χ2n) is 3.98. The molecule has 1 aromatic heterocycles. The van der Waals surface area contributed by atoms with Crippen LogP contribution in [0, 0.1) is 0 Å². The number of hydrogen-bond acceptors (Lipinski definition) is 4. The van der Waals surface area contributed by atoms with E-state index in [2.05, 4.69) is 9.88 Å². The van der Waals surface area contributed by atoms with E-state index in [0.29, 0.717) is 5.69 Å². The van der Waals surface area contributed by atoms with Crippen molar-refractivity contribution in [2.75, 3.05) is 23.8 Å². The van der Waals surface area contributed by atoms with Crippen LogP contribution in [0.4, 0.5) is 11.5 Å². The quantitative estimate of drug-likeness (QED) is 0.760. The lowest BCUT2D eigenvalue weighted by Gasteiger charge is -2.35. The van der Waals surface area contributed by atoms with Gasteiger partial charge in [0.2, 0.25) is 0 Å². The van der Waals surface area contributed by atoms with Gasteiger partial charge in [-0.2, -0.15) is 0 Å². The molecule has 0 amide bonds. The highest BCUT2D eigenvalue weighted by Crippen LogP contribution is 2.23. The smallest absolute Gasteiger partial charge is 0.128 e. The van der Waals surface area contributed by atoms with Crippen molar-refractivity contribution in [1.82, 2.24) is 4.98 Å². The number of aromatic nitrogens is 1. The van der Waals surface area contributed by atoms with Crippen LogP contribution in [-0.2, 0) is 0 Å². The fourth-order valence-corrected chi connectivity index (χ4v) is 2.06. The zero-order chi connectivity index (χ0) is 10.7. The van der Waals surface area contributed by atoms with Crippen molar-refractivity contribution in [2.24, 2.45) is 0 Å². The van der Waals surface area contributed by atoms with Crippen LogP contribution in [0.25, 0.3) is 0 Å². The molecule has 0 radical (unpaired) electrons. The summed E-state index contributed by atoms with van der Waals surface area (Å²) in [7, 11) is 0. The molecule has 4 heteroatoms. The first kappa shape index (κ1) is 10.2. The van der Waals surface area contributed by atoms with Crippen LogP contribution in [0.15, 0.2) is 18.3 Å². The van der Waals surface area contributed by atoms with E-state index >= 15 is 0 Å². The van der Waals surface area contributed by atoms with Crippen LogP contribution in [0.1, 0.15) is 19.3 Å². The summed E-state index contributed by atoms with van der Waals surface area (Å²) in [6.07, 6.45) is 5.07. The van der Waals surface area contributed by atoms with E-state index in [4.69, 9.17) is 5.73 Å². The summed E-state index contributed by atoms with van der Waals surface area (Å²) in [5, 5.41) is 9.28. The number of nitrogen functional groups attached to an aromatic ring is 1. The molecule has 1 aliphatic rings. The van der Waals surface area contributed by atoms with Gasteiger partial charge in [0, 0.05) is 6.54 Å². The van der Waals surface area contributed by atoms with Crippen molar-refractivity contribution in [1.29, 1.82) is 0 Å². The van der Waals surface area contributed by atoms with Crippen molar-refractivity contribution in [3.8, 4) is 0 Å². The zero-order valence-corrected chi connectivity index (χ0v) is 8.76. The van der Waals surface area contributed by atoms with E-state index in [0.717, 1.165) is 18.8 Å². The molecule has 1 unspecified atom stereocenters. The molecule has 1 aromatic rings. The monoisotopic (exact) mass is 207 g/mol. The van der Waals surface area contributed by atoms with E-state index in [9.17, 15) is 5.11 Å². The highest BCUT2D eigenvalue weighted by Gasteiger charge is 2.22. The van der Waals surface area contributed by atoms with Gasteiger partial charge < -0.3 is 15.7 Å². The number of nitrogens with zero attached hydrogens (tertiary/aromatic N) is 2. The summed E-state index contributed by atoms with van der Waals surface area (Å²) in [5.41, 5.74) is 6.27. The van der Waals surface area contributed by atoms with Gasteiger partial charge in [0.05, 0.1) is 24.5 Å². The number of piperidine rings is 1. The largest absolute Gasteiger partial charge is 0.397 e. The maximum Gasteiger partial charge on any atom is 0.128 e. The summed E-state index contributed by atoms with van der Waals surface area (Å²) in [5.74, 6) is 0.919. The first-order chi connectivity index (χ1) is 7.31. The van der Waals surface area contributed by atoms with Crippen LogP contribution >= 0.6 is 0 Å². The van der Waals surface area contributed by atoms with Gasteiger partial charge in [0.25, 0.3) is 0 Å². The van der Waals surface area contributed by atoms with E-state index in [1.807, 2.05) is 12.1 Å². The zero-order valence-electron chi connectivity index (χ0n) is 8.76. The minimum atomic E-state index is 0.200. The maximum atomic E-state index is 9.28. The number of rotatable bonds is 2. The molecule has 1 fully saturated rings. The number of pyridine rings is 1. The van der Waals surface area contributed by atoms with Gasteiger partial charge in [-0.15, -0.1) is 0 Å². The molecule has 0 spiro atoms. The maximum absolute atomic E-state index is 9.28. The molecule has 2 heterocycles. The minimum Gasteiger partial charge on any atom is -0.397 e. The molecule has 1 atom stereocenters. The Labute approximate surface area is 89.7 Å². The molecule has 82 valence electrons. The molecule has 15 heavy (non-hydrogen) atoms. The Balaban J connectivity index is 2.16. The molecule has 1 aliphatic heterocycles. The average Bonchev–Trinajstić information content (AvgIpc) is 2.30. The lowest BCUT2D eigenvalue weighted by molar-refractivity contribution is 0.239. The Kier molecular flexibility index (Phi) is 3.06. The highest BCUT2D eigenvalue weighted by molar-refractivity contribution is 5.46. The van der Waals surface area contributed by atoms with Crippen molar-refractivity contribution in [3.05, 3.63) is 18.3 Å². The van der Waals surface area contributed by atoms with Crippen LogP contribution < -0.4 is 10.6 Å². The Morgan fingerprint density at radius 2 is 2.33 bits per heavy atom. The Morgan fingerprint density at radius 1 is 1.47 bits per heavy atom. The van der Waals surface area contributed by atoms with Gasteiger partial charge in [-0.3, -0.25) is 0 Å². The summed E-state index contributed by atoms with van der Waals surface area (Å²) in [6.45, 7) is 1.17. The molecule has 2 rings (SSSR count). The first-order valence-electron chi connectivity index (χ1n) is 5.40. The summed E-state index contributed by atoms with van der Waals surface area (Å²) >= 11 is 0. The molecule has 4 nitrogen and oxygen atoms in total. The predicted molar refractivity (Wildman–Crippen MR) is 60.7 cm³/mol. The summed E-state index contributed by atoms with van der Waals surface area (Å²) in [4.78, 5) is 6.46. The third-order valence-electron chi connectivity index (χ3n) is 2.90. The highest BCUT2D eigenvalue weighted by atomic mass is 16.3. The molecule has 1 saturated heterocycles. The Morgan fingerprint density at radius 3 is 3.00 bits per heavy atom. The minimum absolute atomic E-state index is 0.200. The van der Waals surface area contributed by atoms with Crippen LogP contribution in [0.2, 0.25) is 0 Å². The Bertz CT molecular complexity index is 312. The number of anilines is 2. The van der Waals surface area contributed by atoms with Gasteiger partial charge in [-0.05, 0) is 31.4 Å². The van der Waals surface area contributed by atoms with Crippen molar-refractivity contribution < 1.29 is 5.11 Å². The molecular weight excluding hydrogens is 190 g/mol. The van der Waals surface area contributed by atoms with Gasteiger partial charge in [-0.1, -0.05) is 0 Å². The second kappa shape index (κ2) is 4.49. The Hall–Kier alpha value is -1.29. The molecule has 0 saturated carbocycles. The van der Waals surface area contributed by atoms with Crippen molar-refractivity contribution in [3.63, 3.8) is 0 Å².